The maximum Gasteiger partial charge on any atom is 0.322 e. The molecule has 1 aliphatic rings. The standard InChI is InChI=1S/C17H25N3O2/c1-12-8-5-6-9-13(12)18-16(22)20-11-7-10-14(20)15(21)19-17(2,3)4/h5-6,8-9,14H,7,10-11H2,1-4H3,(H,18,22)(H,19,21)/t14-/m0/s1. The third-order valence-electron chi connectivity index (χ3n) is 3.70. The predicted octanol–water partition coefficient (Wildman–Crippen LogP) is 2.91. The number of hydrogen-bond acceptors (Lipinski definition) is 2. The molecule has 5 nitrogen and oxygen atoms in total. The van der Waals surface area contributed by atoms with Gasteiger partial charge in [0.15, 0.2) is 0 Å². The molecule has 0 radical (unpaired) electrons. The normalized spacial score (nSPS) is 18.2. The number of rotatable bonds is 2. The number of aryl methyl sites for hydroxylation is 1. The molecular weight excluding hydrogens is 278 g/mol. The number of hydrogen-bond donors (Lipinski definition) is 2. The molecule has 0 aromatic heterocycles. The van der Waals surface area contributed by atoms with Crippen molar-refractivity contribution in [2.24, 2.45) is 0 Å². The molecule has 1 atom stereocenters. The minimum atomic E-state index is -0.386. The van der Waals surface area contributed by atoms with Gasteiger partial charge in [-0.3, -0.25) is 4.79 Å². The van der Waals surface area contributed by atoms with Gasteiger partial charge in [-0.1, -0.05) is 18.2 Å². The second-order valence-corrected chi connectivity index (χ2v) is 6.84. The van der Waals surface area contributed by atoms with E-state index in [4.69, 9.17) is 0 Å². The van der Waals surface area contributed by atoms with Crippen LogP contribution in [-0.2, 0) is 4.79 Å². The Bertz CT molecular complexity index is 563. The monoisotopic (exact) mass is 303 g/mol. The summed E-state index contributed by atoms with van der Waals surface area (Å²) in [7, 11) is 0. The first-order valence-electron chi connectivity index (χ1n) is 7.73. The van der Waals surface area contributed by atoms with Gasteiger partial charge in [0.2, 0.25) is 5.91 Å². The molecule has 0 spiro atoms. The molecule has 120 valence electrons. The molecule has 0 saturated carbocycles. The molecular formula is C17H25N3O2. The van der Waals surface area contributed by atoms with Gasteiger partial charge in [-0.25, -0.2) is 4.79 Å². The van der Waals surface area contributed by atoms with Crippen molar-refractivity contribution in [1.82, 2.24) is 10.2 Å². The predicted molar refractivity (Wildman–Crippen MR) is 87.8 cm³/mol. The maximum absolute atomic E-state index is 12.5. The molecule has 1 heterocycles. The molecule has 1 saturated heterocycles. The van der Waals surface area contributed by atoms with Gasteiger partial charge in [0.05, 0.1) is 0 Å². The number of anilines is 1. The van der Waals surface area contributed by atoms with Crippen LogP contribution in [0.2, 0.25) is 0 Å². The molecule has 1 aromatic carbocycles. The van der Waals surface area contributed by atoms with E-state index in [9.17, 15) is 9.59 Å². The summed E-state index contributed by atoms with van der Waals surface area (Å²) in [5.74, 6) is -0.0788. The third-order valence-corrected chi connectivity index (χ3v) is 3.70. The first-order valence-corrected chi connectivity index (χ1v) is 7.73. The van der Waals surface area contributed by atoms with Crippen LogP contribution in [0.25, 0.3) is 0 Å². The van der Waals surface area contributed by atoms with E-state index in [-0.39, 0.29) is 23.5 Å². The third kappa shape index (κ3) is 4.00. The van der Waals surface area contributed by atoms with Crippen LogP contribution in [-0.4, -0.2) is 35.0 Å². The summed E-state index contributed by atoms with van der Waals surface area (Å²) in [5, 5.41) is 5.87. The Morgan fingerprint density at radius 2 is 1.91 bits per heavy atom. The van der Waals surface area contributed by atoms with Gasteiger partial charge >= 0.3 is 6.03 Å². The van der Waals surface area contributed by atoms with Crippen molar-refractivity contribution in [3.63, 3.8) is 0 Å². The van der Waals surface area contributed by atoms with Gasteiger partial charge in [0.25, 0.3) is 0 Å². The Morgan fingerprint density at radius 1 is 1.23 bits per heavy atom. The summed E-state index contributed by atoms with van der Waals surface area (Å²) < 4.78 is 0. The highest BCUT2D eigenvalue weighted by Crippen LogP contribution is 2.21. The molecule has 0 bridgehead atoms. The minimum absolute atomic E-state index is 0.0788. The number of nitrogens with zero attached hydrogens (tertiary/aromatic N) is 1. The van der Waals surface area contributed by atoms with Gasteiger partial charge in [-0.15, -0.1) is 0 Å². The van der Waals surface area contributed by atoms with Gasteiger partial charge < -0.3 is 15.5 Å². The molecule has 2 N–H and O–H groups in total. The van der Waals surface area contributed by atoms with Crippen LogP contribution in [0.5, 0.6) is 0 Å². The second kappa shape index (κ2) is 6.38. The number of carbonyl (C=O) groups excluding carboxylic acids is 2. The van der Waals surface area contributed by atoms with E-state index in [0.717, 1.165) is 17.7 Å². The molecule has 1 aliphatic heterocycles. The van der Waals surface area contributed by atoms with E-state index < -0.39 is 0 Å². The highest BCUT2D eigenvalue weighted by Gasteiger charge is 2.35. The lowest BCUT2D eigenvalue weighted by molar-refractivity contribution is -0.126. The van der Waals surface area contributed by atoms with E-state index in [1.807, 2.05) is 52.0 Å². The SMILES string of the molecule is Cc1ccccc1NC(=O)N1CCC[C@H]1C(=O)NC(C)(C)C. The second-order valence-electron chi connectivity index (χ2n) is 6.84. The highest BCUT2D eigenvalue weighted by molar-refractivity contribution is 5.94. The Balaban J connectivity index is 2.05. The molecule has 3 amide bonds. The summed E-state index contributed by atoms with van der Waals surface area (Å²) in [4.78, 5) is 26.5. The van der Waals surface area contributed by atoms with Crippen molar-refractivity contribution >= 4 is 17.6 Å². The highest BCUT2D eigenvalue weighted by atomic mass is 16.2. The zero-order chi connectivity index (χ0) is 16.3. The van der Waals surface area contributed by atoms with Crippen LogP contribution in [0.15, 0.2) is 24.3 Å². The van der Waals surface area contributed by atoms with E-state index >= 15 is 0 Å². The lowest BCUT2D eigenvalue weighted by atomic mass is 10.1. The number of para-hydroxylation sites is 1. The van der Waals surface area contributed by atoms with Crippen LogP contribution in [0, 0.1) is 6.92 Å². The molecule has 5 heteroatoms. The fourth-order valence-corrected chi connectivity index (χ4v) is 2.64. The largest absolute Gasteiger partial charge is 0.350 e. The molecule has 1 aromatic rings. The van der Waals surface area contributed by atoms with Gasteiger partial charge in [-0.2, -0.15) is 0 Å². The Kier molecular flexibility index (Phi) is 4.74. The maximum atomic E-state index is 12.5. The van der Waals surface area contributed by atoms with Crippen LogP contribution in [0.3, 0.4) is 0 Å². The van der Waals surface area contributed by atoms with Crippen LogP contribution in [0.1, 0.15) is 39.2 Å². The van der Waals surface area contributed by atoms with Crippen molar-refractivity contribution in [3.8, 4) is 0 Å². The number of nitrogens with one attached hydrogen (secondary N) is 2. The minimum Gasteiger partial charge on any atom is -0.350 e. The molecule has 1 fully saturated rings. The Morgan fingerprint density at radius 3 is 2.55 bits per heavy atom. The molecule has 2 rings (SSSR count). The van der Waals surface area contributed by atoms with Crippen molar-refractivity contribution in [2.75, 3.05) is 11.9 Å². The van der Waals surface area contributed by atoms with Crippen LogP contribution >= 0.6 is 0 Å². The van der Waals surface area contributed by atoms with E-state index in [2.05, 4.69) is 10.6 Å². The lowest BCUT2D eigenvalue weighted by Crippen LogP contribution is -2.52. The number of benzene rings is 1. The quantitative estimate of drug-likeness (QED) is 0.882. The Hall–Kier alpha value is -2.04. The van der Waals surface area contributed by atoms with Crippen molar-refractivity contribution in [1.29, 1.82) is 0 Å². The fourth-order valence-electron chi connectivity index (χ4n) is 2.64. The average molecular weight is 303 g/mol. The molecule has 22 heavy (non-hydrogen) atoms. The van der Waals surface area contributed by atoms with Crippen molar-refractivity contribution < 1.29 is 9.59 Å². The fraction of sp³-hybridized carbons (Fsp3) is 0.529. The van der Waals surface area contributed by atoms with E-state index in [1.54, 1.807) is 4.90 Å². The van der Waals surface area contributed by atoms with Gasteiger partial charge in [0, 0.05) is 17.8 Å². The van der Waals surface area contributed by atoms with Crippen LogP contribution in [0.4, 0.5) is 10.5 Å². The average Bonchev–Trinajstić information content (AvgIpc) is 2.89. The lowest BCUT2D eigenvalue weighted by Gasteiger charge is -2.28. The van der Waals surface area contributed by atoms with Gasteiger partial charge in [0.1, 0.15) is 6.04 Å². The first kappa shape index (κ1) is 16.3. The summed E-state index contributed by atoms with van der Waals surface area (Å²) in [6.07, 6.45) is 1.56. The number of urea groups is 1. The molecule has 0 aliphatic carbocycles. The number of carbonyl (C=O) groups is 2. The number of likely N-dealkylation sites (tertiary alicyclic amines) is 1. The van der Waals surface area contributed by atoms with E-state index in [0.29, 0.717) is 13.0 Å². The summed E-state index contributed by atoms with van der Waals surface area (Å²) in [5.41, 5.74) is 1.50. The number of amides is 3. The van der Waals surface area contributed by atoms with Gasteiger partial charge in [-0.05, 0) is 52.2 Å². The van der Waals surface area contributed by atoms with E-state index in [1.165, 1.54) is 0 Å². The first-order chi connectivity index (χ1) is 10.3. The smallest absolute Gasteiger partial charge is 0.322 e. The summed E-state index contributed by atoms with van der Waals surface area (Å²) in [6.45, 7) is 8.39. The zero-order valence-electron chi connectivity index (χ0n) is 13.8. The van der Waals surface area contributed by atoms with Crippen molar-refractivity contribution in [2.45, 2.75) is 52.1 Å². The Labute approximate surface area is 132 Å². The zero-order valence-corrected chi connectivity index (χ0v) is 13.8. The summed E-state index contributed by atoms with van der Waals surface area (Å²) >= 11 is 0. The summed E-state index contributed by atoms with van der Waals surface area (Å²) in [6, 6.07) is 7.04. The van der Waals surface area contributed by atoms with Crippen LogP contribution < -0.4 is 10.6 Å². The topological polar surface area (TPSA) is 61.4 Å². The molecule has 0 unspecified atom stereocenters. The van der Waals surface area contributed by atoms with Crippen molar-refractivity contribution in [3.05, 3.63) is 29.8 Å².